The first-order valence-corrected chi connectivity index (χ1v) is 10.4. The van der Waals surface area contributed by atoms with Gasteiger partial charge in [-0.1, -0.05) is 42.5 Å². The summed E-state index contributed by atoms with van der Waals surface area (Å²) in [5, 5.41) is 0. The summed E-state index contributed by atoms with van der Waals surface area (Å²) in [4.78, 5) is 29.2. The number of carbonyl (C=O) groups excluding carboxylic acids is 2. The summed E-state index contributed by atoms with van der Waals surface area (Å²) >= 11 is 0. The van der Waals surface area contributed by atoms with Gasteiger partial charge in [-0.25, -0.2) is 0 Å². The average molecular weight is 392 g/mol. The SMILES string of the molecule is COc1ccc(CCC(=O)N2CCN(C(=O)C3CC3c3ccccc3)CC2)cc1. The average Bonchev–Trinajstić information content (AvgIpc) is 3.59. The van der Waals surface area contributed by atoms with Crippen LogP contribution in [0.25, 0.3) is 0 Å². The Morgan fingerprint density at radius 2 is 1.59 bits per heavy atom. The molecule has 29 heavy (non-hydrogen) atoms. The number of benzene rings is 2. The highest BCUT2D eigenvalue weighted by Crippen LogP contribution is 2.48. The zero-order valence-corrected chi connectivity index (χ0v) is 16.9. The van der Waals surface area contributed by atoms with Crippen molar-refractivity contribution in [1.82, 2.24) is 9.80 Å². The topological polar surface area (TPSA) is 49.9 Å². The second-order valence-corrected chi connectivity index (χ2v) is 7.91. The smallest absolute Gasteiger partial charge is 0.226 e. The lowest BCUT2D eigenvalue weighted by Gasteiger charge is -2.35. The van der Waals surface area contributed by atoms with Crippen molar-refractivity contribution in [3.05, 3.63) is 65.7 Å². The van der Waals surface area contributed by atoms with Crippen molar-refractivity contribution in [3.8, 4) is 5.75 Å². The number of rotatable bonds is 6. The standard InChI is InChI=1S/C24H28N2O3/c1-29-20-10-7-18(8-11-20)9-12-23(27)25-13-15-26(16-14-25)24(28)22-17-21(22)19-5-3-2-4-6-19/h2-8,10-11,21-22H,9,12-17H2,1H3. The molecule has 2 aromatic rings. The second-order valence-electron chi connectivity index (χ2n) is 7.91. The molecule has 0 aromatic heterocycles. The fraction of sp³-hybridized carbons (Fsp3) is 0.417. The molecule has 1 aliphatic carbocycles. The Morgan fingerprint density at radius 1 is 0.931 bits per heavy atom. The Kier molecular flexibility index (Phi) is 5.84. The molecule has 2 fully saturated rings. The molecule has 0 radical (unpaired) electrons. The van der Waals surface area contributed by atoms with E-state index in [9.17, 15) is 9.59 Å². The van der Waals surface area contributed by atoms with Gasteiger partial charge < -0.3 is 14.5 Å². The summed E-state index contributed by atoms with van der Waals surface area (Å²) in [6, 6.07) is 18.1. The van der Waals surface area contributed by atoms with Crippen molar-refractivity contribution >= 4 is 11.8 Å². The van der Waals surface area contributed by atoms with Crippen LogP contribution >= 0.6 is 0 Å². The molecule has 1 aliphatic heterocycles. The summed E-state index contributed by atoms with van der Waals surface area (Å²) in [6.45, 7) is 2.56. The molecule has 0 N–H and O–H groups in total. The van der Waals surface area contributed by atoms with Crippen molar-refractivity contribution < 1.29 is 14.3 Å². The molecule has 2 aromatic carbocycles. The van der Waals surface area contributed by atoms with Gasteiger partial charge in [0.25, 0.3) is 0 Å². The van der Waals surface area contributed by atoms with Crippen LogP contribution in [-0.4, -0.2) is 54.9 Å². The maximum absolute atomic E-state index is 12.8. The van der Waals surface area contributed by atoms with Gasteiger partial charge >= 0.3 is 0 Å². The largest absolute Gasteiger partial charge is 0.497 e. The number of piperazine rings is 1. The summed E-state index contributed by atoms with van der Waals surface area (Å²) in [5.74, 6) is 1.74. The molecule has 5 nitrogen and oxygen atoms in total. The van der Waals surface area contributed by atoms with E-state index in [0.717, 1.165) is 24.2 Å². The minimum Gasteiger partial charge on any atom is -0.497 e. The lowest BCUT2D eigenvalue weighted by Crippen LogP contribution is -2.51. The number of methoxy groups -OCH3 is 1. The molecule has 4 rings (SSSR count). The first kappa shape index (κ1) is 19.5. The van der Waals surface area contributed by atoms with E-state index in [4.69, 9.17) is 4.74 Å². The van der Waals surface area contributed by atoms with Crippen LogP contribution in [0.4, 0.5) is 0 Å². The zero-order chi connectivity index (χ0) is 20.2. The van der Waals surface area contributed by atoms with Crippen molar-refractivity contribution in [2.24, 2.45) is 5.92 Å². The highest BCUT2D eigenvalue weighted by molar-refractivity contribution is 5.83. The monoisotopic (exact) mass is 392 g/mol. The van der Waals surface area contributed by atoms with Crippen LogP contribution in [0.5, 0.6) is 5.75 Å². The van der Waals surface area contributed by atoms with E-state index in [0.29, 0.717) is 38.5 Å². The van der Waals surface area contributed by atoms with Crippen LogP contribution in [-0.2, 0) is 16.0 Å². The van der Waals surface area contributed by atoms with Crippen molar-refractivity contribution in [2.45, 2.75) is 25.2 Å². The fourth-order valence-electron chi connectivity index (χ4n) is 4.15. The number of hydrogen-bond acceptors (Lipinski definition) is 3. The maximum atomic E-state index is 12.8. The number of nitrogens with zero attached hydrogens (tertiary/aromatic N) is 2. The van der Waals surface area contributed by atoms with Crippen LogP contribution < -0.4 is 4.74 Å². The second kappa shape index (κ2) is 8.68. The number of amides is 2. The van der Waals surface area contributed by atoms with E-state index in [1.54, 1.807) is 7.11 Å². The van der Waals surface area contributed by atoms with Gasteiger partial charge in [0.2, 0.25) is 11.8 Å². The van der Waals surface area contributed by atoms with Gasteiger partial charge in [0.1, 0.15) is 5.75 Å². The summed E-state index contributed by atoms with van der Waals surface area (Å²) in [7, 11) is 1.65. The predicted octanol–water partition coefficient (Wildman–Crippen LogP) is 3.10. The molecule has 1 saturated carbocycles. The Balaban J connectivity index is 1.22. The van der Waals surface area contributed by atoms with Crippen LogP contribution in [0.15, 0.2) is 54.6 Å². The van der Waals surface area contributed by atoms with E-state index in [-0.39, 0.29) is 17.7 Å². The van der Waals surface area contributed by atoms with E-state index in [1.165, 1.54) is 5.56 Å². The number of aryl methyl sites for hydroxylation is 1. The number of ether oxygens (including phenoxy) is 1. The molecule has 1 heterocycles. The Hall–Kier alpha value is -2.82. The minimum atomic E-state index is 0.120. The molecule has 1 saturated heterocycles. The van der Waals surface area contributed by atoms with Gasteiger partial charge in [-0.05, 0) is 42.0 Å². The van der Waals surface area contributed by atoms with Crippen LogP contribution in [0.3, 0.4) is 0 Å². The molecule has 0 spiro atoms. The van der Waals surface area contributed by atoms with E-state index >= 15 is 0 Å². The van der Waals surface area contributed by atoms with Crippen molar-refractivity contribution in [3.63, 3.8) is 0 Å². The molecule has 152 valence electrons. The predicted molar refractivity (Wildman–Crippen MR) is 112 cm³/mol. The highest BCUT2D eigenvalue weighted by Gasteiger charge is 2.46. The lowest BCUT2D eigenvalue weighted by atomic mass is 10.1. The Morgan fingerprint density at radius 3 is 2.24 bits per heavy atom. The summed E-state index contributed by atoms with van der Waals surface area (Å²) in [6.07, 6.45) is 2.17. The summed E-state index contributed by atoms with van der Waals surface area (Å²) in [5.41, 5.74) is 2.40. The number of hydrogen-bond donors (Lipinski definition) is 0. The zero-order valence-electron chi connectivity index (χ0n) is 16.9. The molecular formula is C24H28N2O3. The molecule has 2 aliphatic rings. The molecule has 2 unspecified atom stereocenters. The van der Waals surface area contributed by atoms with Gasteiger partial charge in [-0.15, -0.1) is 0 Å². The normalized spacial score (nSPS) is 21.0. The Labute approximate surface area is 172 Å². The van der Waals surface area contributed by atoms with Gasteiger partial charge in [-0.2, -0.15) is 0 Å². The number of carbonyl (C=O) groups is 2. The molecule has 2 atom stereocenters. The molecule has 2 amide bonds. The van der Waals surface area contributed by atoms with Crippen molar-refractivity contribution in [1.29, 1.82) is 0 Å². The highest BCUT2D eigenvalue weighted by atomic mass is 16.5. The van der Waals surface area contributed by atoms with E-state index in [2.05, 4.69) is 12.1 Å². The quantitative estimate of drug-likeness (QED) is 0.759. The third-order valence-corrected chi connectivity index (χ3v) is 6.07. The molecular weight excluding hydrogens is 364 g/mol. The fourth-order valence-corrected chi connectivity index (χ4v) is 4.15. The van der Waals surface area contributed by atoms with Crippen LogP contribution in [0.2, 0.25) is 0 Å². The first-order valence-electron chi connectivity index (χ1n) is 10.4. The third kappa shape index (κ3) is 4.61. The van der Waals surface area contributed by atoms with Crippen LogP contribution in [0.1, 0.15) is 29.9 Å². The molecule has 5 heteroatoms. The lowest BCUT2D eigenvalue weighted by molar-refractivity contribution is -0.140. The first-order chi connectivity index (χ1) is 14.2. The maximum Gasteiger partial charge on any atom is 0.226 e. The minimum absolute atomic E-state index is 0.120. The van der Waals surface area contributed by atoms with Gasteiger partial charge in [0.15, 0.2) is 0 Å². The molecule has 0 bridgehead atoms. The third-order valence-electron chi connectivity index (χ3n) is 6.07. The Bertz CT molecular complexity index is 842. The van der Waals surface area contributed by atoms with Gasteiger partial charge in [0.05, 0.1) is 7.11 Å². The van der Waals surface area contributed by atoms with E-state index in [1.807, 2.05) is 52.3 Å². The van der Waals surface area contributed by atoms with Gasteiger partial charge in [0, 0.05) is 38.5 Å². The van der Waals surface area contributed by atoms with Crippen molar-refractivity contribution in [2.75, 3.05) is 33.3 Å². The summed E-state index contributed by atoms with van der Waals surface area (Å²) < 4.78 is 5.16. The van der Waals surface area contributed by atoms with Gasteiger partial charge in [-0.3, -0.25) is 9.59 Å². The van der Waals surface area contributed by atoms with Crippen LogP contribution in [0, 0.1) is 5.92 Å². The van der Waals surface area contributed by atoms with E-state index < -0.39 is 0 Å².